The van der Waals surface area contributed by atoms with Gasteiger partial charge in [0.15, 0.2) is 0 Å². The molecule has 0 aliphatic carbocycles. The van der Waals surface area contributed by atoms with Gasteiger partial charge in [-0.25, -0.2) is 4.98 Å². The number of anilines is 1. The number of alkyl halides is 3. The number of pyridine rings is 1. The van der Waals surface area contributed by atoms with Gasteiger partial charge in [-0.2, -0.15) is 0 Å². The second kappa shape index (κ2) is 11.6. The average molecular weight is 591 g/mol. The third-order valence-electron chi connectivity index (χ3n) is 7.09. The molecule has 1 aliphatic rings. The van der Waals surface area contributed by atoms with E-state index in [4.69, 9.17) is 23.2 Å². The van der Waals surface area contributed by atoms with Crippen LogP contribution in [0.5, 0.6) is 5.75 Å². The molecule has 4 aromatic rings. The molecular formula is C29H27Cl2F3N4O2. The van der Waals surface area contributed by atoms with Gasteiger partial charge in [0, 0.05) is 25.8 Å². The van der Waals surface area contributed by atoms with Gasteiger partial charge < -0.3 is 15.0 Å². The van der Waals surface area contributed by atoms with Crippen LogP contribution < -0.4 is 15.0 Å². The molecule has 40 heavy (non-hydrogen) atoms. The van der Waals surface area contributed by atoms with Gasteiger partial charge in [0.2, 0.25) is 0 Å². The first-order valence-corrected chi connectivity index (χ1v) is 13.7. The molecule has 0 radical (unpaired) electrons. The van der Waals surface area contributed by atoms with Crippen molar-refractivity contribution in [3.05, 3.63) is 93.4 Å². The Hall–Kier alpha value is -3.43. The van der Waals surface area contributed by atoms with Crippen LogP contribution in [0.25, 0.3) is 5.65 Å². The van der Waals surface area contributed by atoms with E-state index in [9.17, 15) is 18.0 Å². The summed E-state index contributed by atoms with van der Waals surface area (Å²) in [7, 11) is 0. The number of aromatic nitrogens is 2. The van der Waals surface area contributed by atoms with Gasteiger partial charge in [-0.1, -0.05) is 48.3 Å². The van der Waals surface area contributed by atoms with Crippen molar-refractivity contribution >= 4 is 40.4 Å². The van der Waals surface area contributed by atoms with E-state index in [0.29, 0.717) is 40.0 Å². The molecule has 0 unspecified atom stereocenters. The zero-order valence-electron chi connectivity index (χ0n) is 21.6. The van der Waals surface area contributed by atoms with Crippen molar-refractivity contribution < 1.29 is 22.7 Å². The molecule has 1 amide bonds. The first-order chi connectivity index (χ1) is 19.1. The van der Waals surface area contributed by atoms with E-state index < -0.39 is 6.36 Å². The Morgan fingerprint density at radius 3 is 2.45 bits per heavy atom. The highest BCUT2D eigenvalue weighted by Gasteiger charge is 2.31. The average Bonchev–Trinajstić information content (AvgIpc) is 3.29. The zero-order chi connectivity index (χ0) is 28.4. The molecule has 2 aromatic carbocycles. The number of ether oxygens (including phenoxy) is 1. The maximum atomic E-state index is 13.1. The number of hydrogen-bond acceptors (Lipinski definition) is 4. The lowest BCUT2D eigenvalue weighted by Crippen LogP contribution is -2.33. The minimum absolute atomic E-state index is 0.217. The zero-order valence-corrected chi connectivity index (χ0v) is 23.2. The molecule has 11 heteroatoms. The van der Waals surface area contributed by atoms with E-state index in [1.54, 1.807) is 34.9 Å². The maximum Gasteiger partial charge on any atom is 0.573 e. The van der Waals surface area contributed by atoms with Gasteiger partial charge in [0.1, 0.15) is 17.1 Å². The van der Waals surface area contributed by atoms with Crippen LogP contribution in [0.3, 0.4) is 0 Å². The lowest BCUT2D eigenvalue weighted by molar-refractivity contribution is -0.274. The smallest absolute Gasteiger partial charge is 0.406 e. The maximum absolute atomic E-state index is 13.1. The number of nitrogens with zero attached hydrogens (tertiary/aromatic N) is 3. The minimum Gasteiger partial charge on any atom is -0.406 e. The lowest BCUT2D eigenvalue weighted by atomic mass is 9.89. The molecule has 1 aliphatic heterocycles. The van der Waals surface area contributed by atoms with Gasteiger partial charge in [-0.05, 0) is 72.7 Å². The first kappa shape index (κ1) is 28.1. The van der Waals surface area contributed by atoms with Crippen LogP contribution >= 0.6 is 23.2 Å². The van der Waals surface area contributed by atoms with Crippen molar-refractivity contribution in [1.29, 1.82) is 0 Å². The molecule has 1 saturated heterocycles. The van der Waals surface area contributed by atoms with Gasteiger partial charge in [0.05, 0.1) is 21.4 Å². The number of amides is 1. The number of rotatable bonds is 7. The molecule has 0 spiro atoms. The van der Waals surface area contributed by atoms with Gasteiger partial charge in [0.25, 0.3) is 5.91 Å². The number of imidazole rings is 1. The molecule has 210 valence electrons. The highest BCUT2D eigenvalue weighted by molar-refractivity contribution is 6.33. The Bertz CT molecular complexity index is 1510. The van der Waals surface area contributed by atoms with Crippen molar-refractivity contribution in [2.75, 3.05) is 18.0 Å². The summed E-state index contributed by atoms with van der Waals surface area (Å²) in [4.78, 5) is 19.8. The Morgan fingerprint density at radius 2 is 1.80 bits per heavy atom. The number of aryl methyl sites for hydroxylation is 1. The summed E-state index contributed by atoms with van der Waals surface area (Å²) in [6.07, 6.45) is -0.718. The molecule has 2 aromatic heterocycles. The topological polar surface area (TPSA) is 58.9 Å². The first-order valence-electron chi connectivity index (χ1n) is 12.9. The number of benzene rings is 2. The van der Waals surface area contributed by atoms with Crippen molar-refractivity contribution in [2.24, 2.45) is 0 Å². The largest absolute Gasteiger partial charge is 0.573 e. The summed E-state index contributed by atoms with van der Waals surface area (Å²) >= 11 is 12.8. The third-order valence-corrected chi connectivity index (χ3v) is 7.62. The molecule has 1 N–H and O–H groups in total. The monoisotopic (exact) mass is 590 g/mol. The van der Waals surface area contributed by atoms with E-state index in [2.05, 4.69) is 19.9 Å². The van der Waals surface area contributed by atoms with Gasteiger partial charge in [-0.15, -0.1) is 13.2 Å². The number of fused-ring (bicyclic) bond motifs is 1. The van der Waals surface area contributed by atoms with E-state index >= 15 is 0 Å². The quantitative estimate of drug-likeness (QED) is 0.243. The van der Waals surface area contributed by atoms with Crippen LogP contribution in [-0.2, 0) is 13.0 Å². The molecule has 0 atom stereocenters. The molecule has 6 nitrogen and oxygen atoms in total. The second-order valence-electron chi connectivity index (χ2n) is 9.68. The standard InChI is InChI=1S/C29H27Cl2F3N4O2/c1-2-24-27(38-17-21(30)6-10-26(38)36-24)28(39)35-16-18-3-9-25(23(31)15-18)37-13-11-20(12-14-37)19-4-7-22(8-5-19)40-29(32,33)34/h3-10,15,17,20H,2,11-14,16H2,1H3,(H,35,39). The fourth-order valence-corrected chi connectivity index (χ4v) is 5.62. The predicted molar refractivity (Wildman–Crippen MR) is 150 cm³/mol. The lowest BCUT2D eigenvalue weighted by Gasteiger charge is -2.34. The number of hydrogen-bond donors (Lipinski definition) is 1. The highest BCUT2D eigenvalue weighted by Crippen LogP contribution is 2.35. The van der Waals surface area contributed by atoms with Crippen molar-refractivity contribution in [1.82, 2.24) is 14.7 Å². The number of nitrogens with one attached hydrogen (secondary N) is 1. The van der Waals surface area contributed by atoms with Crippen molar-refractivity contribution in [3.63, 3.8) is 0 Å². The Labute approximate surface area is 239 Å². The van der Waals surface area contributed by atoms with Crippen molar-refractivity contribution in [3.8, 4) is 5.75 Å². The van der Waals surface area contributed by atoms with Gasteiger partial charge in [-0.3, -0.25) is 9.20 Å². The van der Waals surface area contributed by atoms with E-state index in [1.807, 2.05) is 25.1 Å². The Balaban J connectivity index is 1.19. The van der Waals surface area contributed by atoms with Gasteiger partial charge >= 0.3 is 6.36 Å². The summed E-state index contributed by atoms with van der Waals surface area (Å²) in [6, 6.07) is 15.4. The highest BCUT2D eigenvalue weighted by atomic mass is 35.5. The molecule has 0 bridgehead atoms. The predicted octanol–water partition coefficient (Wildman–Crippen LogP) is 7.42. The van der Waals surface area contributed by atoms with Crippen molar-refractivity contribution in [2.45, 2.75) is 45.0 Å². The molecule has 0 saturated carbocycles. The fraction of sp³-hybridized carbons (Fsp3) is 0.310. The Kier molecular flexibility index (Phi) is 8.14. The second-order valence-corrected chi connectivity index (χ2v) is 10.5. The molecule has 5 rings (SSSR count). The third kappa shape index (κ3) is 6.31. The summed E-state index contributed by atoms with van der Waals surface area (Å²) < 4.78 is 42.9. The summed E-state index contributed by atoms with van der Waals surface area (Å²) in [5.41, 5.74) is 4.59. The van der Waals surface area contributed by atoms with Crippen LogP contribution in [0.15, 0.2) is 60.8 Å². The SMILES string of the molecule is CCc1nc2ccc(Cl)cn2c1C(=O)NCc1ccc(N2CCC(c3ccc(OC(F)(F)F)cc3)CC2)c(Cl)c1. The molecule has 1 fully saturated rings. The number of carbonyl (C=O) groups is 1. The van der Waals surface area contributed by atoms with Crippen LogP contribution in [0.2, 0.25) is 10.0 Å². The normalized spacial score (nSPS) is 14.5. The minimum atomic E-state index is -4.70. The number of carbonyl (C=O) groups excluding carboxylic acids is 1. The fourth-order valence-electron chi connectivity index (χ4n) is 5.13. The summed E-state index contributed by atoms with van der Waals surface area (Å²) in [5, 5.41) is 4.08. The van der Waals surface area contributed by atoms with Crippen LogP contribution in [-0.4, -0.2) is 34.7 Å². The molecule has 3 heterocycles. The Morgan fingerprint density at radius 1 is 1.07 bits per heavy atom. The van der Waals surface area contributed by atoms with Crippen LogP contribution in [0, 0.1) is 0 Å². The van der Waals surface area contributed by atoms with E-state index in [1.165, 1.54) is 12.1 Å². The summed E-state index contributed by atoms with van der Waals surface area (Å²) in [6.45, 7) is 3.77. The van der Waals surface area contributed by atoms with Crippen LogP contribution in [0.1, 0.15) is 53.0 Å². The van der Waals surface area contributed by atoms with E-state index in [0.717, 1.165) is 42.7 Å². The number of halogens is 5. The van der Waals surface area contributed by atoms with E-state index in [-0.39, 0.29) is 17.6 Å². The summed E-state index contributed by atoms with van der Waals surface area (Å²) in [5.74, 6) is -0.218. The van der Waals surface area contributed by atoms with Crippen LogP contribution in [0.4, 0.5) is 18.9 Å². The molecular weight excluding hydrogens is 564 g/mol. The number of piperidine rings is 1.